The maximum absolute atomic E-state index is 4.27. The fourth-order valence-corrected chi connectivity index (χ4v) is 2.05. The van der Waals surface area contributed by atoms with Crippen LogP contribution in [-0.2, 0) is 0 Å². The van der Waals surface area contributed by atoms with E-state index in [9.17, 15) is 0 Å². The number of nitrogens with zero attached hydrogens (tertiary/aromatic N) is 2. The number of unbranched alkanes of at least 4 members (excludes halogenated alkanes) is 5. The second-order valence-corrected chi connectivity index (χ2v) is 4.87. The fraction of sp³-hybridized carbons (Fsp3) is 0.786. The van der Waals surface area contributed by atoms with Gasteiger partial charge in [0.1, 0.15) is 0 Å². The summed E-state index contributed by atoms with van der Waals surface area (Å²) >= 11 is 0. The van der Waals surface area contributed by atoms with Gasteiger partial charge in [0.15, 0.2) is 0 Å². The number of aryl methyl sites for hydroxylation is 1. The lowest BCUT2D eigenvalue weighted by Crippen LogP contribution is -2.02. The Bertz CT molecular complexity index is 278. The van der Waals surface area contributed by atoms with Crippen LogP contribution in [0.15, 0.2) is 12.5 Å². The summed E-state index contributed by atoms with van der Waals surface area (Å²) in [6.07, 6.45) is 13.7. The molecule has 16 heavy (non-hydrogen) atoms. The van der Waals surface area contributed by atoms with Crippen LogP contribution < -0.4 is 0 Å². The summed E-state index contributed by atoms with van der Waals surface area (Å²) in [7, 11) is 0. The lowest BCUT2D eigenvalue weighted by Gasteiger charge is -2.12. The van der Waals surface area contributed by atoms with E-state index in [2.05, 4.69) is 29.6 Å². The highest BCUT2D eigenvalue weighted by atomic mass is 15.1. The summed E-state index contributed by atoms with van der Waals surface area (Å²) in [6.45, 7) is 6.60. The molecule has 1 unspecified atom stereocenters. The average molecular weight is 222 g/mol. The normalized spacial score (nSPS) is 12.9. The Labute approximate surface area is 100 Å². The molecule has 1 heterocycles. The molecule has 0 aromatic carbocycles. The van der Waals surface area contributed by atoms with Gasteiger partial charge in [-0.15, -0.1) is 0 Å². The highest BCUT2D eigenvalue weighted by molar-refractivity contribution is 4.93. The molecule has 92 valence electrons. The first kappa shape index (κ1) is 13.3. The Hall–Kier alpha value is -0.790. The van der Waals surface area contributed by atoms with Crippen molar-refractivity contribution >= 4 is 0 Å². The summed E-state index contributed by atoms with van der Waals surface area (Å²) in [5.41, 5.74) is 1.12. The van der Waals surface area contributed by atoms with Gasteiger partial charge in [0, 0.05) is 12.2 Å². The zero-order valence-corrected chi connectivity index (χ0v) is 11.1. The first-order chi connectivity index (χ1) is 7.74. The first-order valence-electron chi connectivity index (χ1n) is 6.74. The van der Waals surface area contributed by atoms with Gasteiger partial charge in [-0.25, -0.2) is 4.98 Å². The Balaban J connectivity index is 2.09. The van der Waals surface area contributed by atoms with Gasteiger partial charge in [0.05, 0.1) is 12.0 Å². The van der Waals surface area contributed by atoms with E-state index in [1.54, 1.807) is 0 Å². The van der Waals surface area contributed by atoms with Gasteiger partial charge in [-0.2, -0.15) is 0 Å². The Kier molecular flexibility index (Phi) is 6.20. The zero-order chi connectivity index (χ0) is 11.8. The maximum atomic E-state index is 4.27. The highest BCUT2D eigenvalue weighted by Gasteiger charge is 2.04. The van der Waals surface area contributed by atoms with Crippen molar-refractivity contribution in [3.8, 4) is 0 Å². The third-order valence-electron chi connectivity index (χ3n) is 3.22. The largest absolute Gasteiger partial charge is 0.334 e. The van der Waals surface area contributed by atoms with Crippen molar-refractivity contribution < 1.29 is 0 Å². The molecule has 0 saturated carbocycles. The van der Waals surface area contributed by atoms with Crippen LogP contribution in [0.4, 0.5) is 0 Å². The predicted octanol–water partition coefficient (Wildman–Crippen LogP) is 4.50. The van der Waals surface area contributed by atoms with Gasteiger partial charge in [-0.05, 0) is 20.3 Å². The number of rotatable bonds is 8. The van der Waals surface area contributed by atoms with Crippen LogP contribution in [0.3, 0.4) is 0 Å². The standard InChI is InChI=1S/C14H26N2/c1-4-5-6-7-8-9-10-14(3)16-11-13(2)15-12-16/h11-12,14H,4-10H2,1-3H3. The SMILES string of the molecule is CCCCCCCCC(C)n1cnc(C)c1. The van der Waals surface area contributed by atoms with Crippen molar-refractivity contribution in [3.05, 3.63) is 18.2 Å². The molecule has 0 aliphatic rings. The average Bonchev–Trinajstić information content (AvgIpc) is 2.70. The maximum Gasteiger partial charge on any atom is 0.0951 e. The van der Waals surface area contributed by atoms with Crippen molar-refractivity contribution in [2.45, 2.75) is 71.8 Å². The molecular weight excluding hydrogens is 196 g/mol. The molecule has 0 bridgehead atoms. The molecule has 1 aromatic heterocycles. The Morgan fingerprint density at radius 2 is 1.88 bits per heavy atom. The zero-order valence-electron chi connectivity index (χ0n) is 11.1. The molecule has 2 heteroatoms. The Morgan fingerprint density at radius 3 is 2.50 bits per heavy atom. The summed E-state index contributed by atoms with van der Waals surface area (Å²) in [6, 6.07) is 0.604. The van der Waals surface area contributed by atoms with Crippen LogP contribution in [0.2, 0.25) is 0 Å². The molecule has 0 spiro atoms. The van der Waals surface area contributed by atoms with E-state index in [0.717, 1.165) is 5.69 Å². The van der Waals surface area contributed by atoms with Crippen molar-refractivity contribution in [1.82, 2.24) is 9.55 Å². The van der Waals surface area contributed by atoms with E-state index < -0.39 is 0 Å². The topological polar surface area (TPSA) is 17.8 Å². The molecule has 1 rings (SSSR count). The number of aromatic nitrogens is 2. The van der Waals surface area contributed by atoms with E-state index >= 15 is 0 Å². The van der Waals surface area contributed by atoms with E-state index in [-0.39, 0.29) is 0 Å². The second-order valence-electron chi connectivity index (χ2n) is 4.87. The van der Waals surface area contributed by atoms with Gasteiger partial charge >= 0.3 is 0 Å². The molecule has 0 amide bonds. The van der Waals surface area contributed by atoms with Gasteiger partial charge < -0.3 is 4.57 Å². The second kappa shape index (κ2) is 7.48. The summed E-state index contributed by atoms with van der Waals surface area (Å²) in [5, 5.41) is 0. The van der Waals surface area contributed by atoms with Crippen LogP contribution in [0.25, 0.3) is 0 Å². The van der Waals surface area contributed by atoms with E-state index in [4.69, 9.17) is 0 Å². The molecule has 0 aliphatic heterocycles. The van der Waals surface area contributed by atoms with Gasteiger partial charge in [-0.1, -0.05) is 45.4 Å². The van der Waals surface area contributed by atoms with E-state index in [1.807, 2.05) is 13.3 Å². The molecule has 1 atom stereocenters. The fourth-order valence-electron chi connectivity index (χ4n) is 2.05. The molecule has 0 N–H and O–H groups in total. The van der Waals surface area contributed by atoms with Gasteiger partial charge in [0.2, 0.25) is 0 Å². The molecular formula is C14H26N2. The number of imidazole rings is 1. The number of hydrogen-bond acceptors (Lipinski definition) is 1. The third kappa shape index (κ3) is 4.82. The van der Waals surface area contributed by atoms with E-state index in [0.29, 0.717) is 6.04 Å². The first-order valence-corrected chi connectivity index (χ1v) is 6.74. The predicted molar refractivity (Wildman–Crippen MR) is 69.7 cm³/mol. The van der Waals surface area contributed by atoms with Crippen molar-refractivity contribution in [2.75, 3.05) is 0 Å². The Morgan fingerprint density at radius 1 is 1.19 bits per heavy atom. The quantitative estimate of drug-likeness (QED) is 0.592. The van der Waals surface area contributed by atoms with Crippen LogP contribution in [0.1, 0.15) is 70.5 Å². The molecule has 0 saturated heterocycles. The minimum Gasteiger partial charge on any atom is -0.334 e. The van der Waals surface area contributed by atoms with Gasteiger partial charge in [-0.3, -0.25) is 0 Å². The molecule has 0 aliphatic carbocycles. The van der Waals surface area contributed by atoms with Gasteiger partial charge in [0.25, 0.3) is 0 Å². The van der Waals surface area contributed by atoms with Crippen molar-refractivity contribution in [2.24, 2.45) is 0 Å². The minimum absolute atomic E-state index is 0.604. The van der Waals surface area contributed by atoms with E-state index in [1.165, 1.54) is 44.9 Å². The number of hydrogen-bond donors (Lipinski definition) is 0. The third-order valence-corrected chi connectivity index (χ3v) is 3.22. The summed E-state index contributed by atoms with van der Waals surface area (Å²) in [5.74, 6) is 0. The van der Waals surface area contributed by atoms with Crippen LogP contribution in [-0.4, -0.2) is 9.55 Å². The molecule has 0 radical (unpaired) electrons. The summed E-state index contributed by atoms with van der Waals surface area (Å²) < 4.78 is 2.24. The summed E-state index contributed by atoms with van der Waals surface area (Å²) in [4.78, 5) is 4.27. The van der Waals surface area contributed by atoms with Crippen LogP contribution in [0, 0.1) is 6.92 Å². The molecule has 2 nitrogen and oxygen atoms in total. The molecule has 1 aromatic rings. The van der Waals surface area contributed by atoms with Crippen molar-refractivity contribution in [1.29, 1.82) is 0 Å². The van der Waals surface area contributed by atoms with Crippen LogP contribution in [0.5, 0.6) is 0 Å². The highest BCUT2D eigenvalue weighted by Crippen LogP contribution is 2.16. The van der Waals surface area contributed by atoms with Crippen LogP contribution >= 0.6 is 0 Å². The molecule has 0 fully saturated rings. The lowest BCUT2D eigenvalue weighted by molar-refractivity contribution is 0.467. The van der Waals surface area contributed by atoms with Crippen molar-refractivity contribution in [3.63, 3.8) is 0 Å². The minimum atomic E-state index is 0.604. The lowest BCUT2D eigenvalue weighted by atomic mass is 10.1. The monoisotopic (exact) mass is 222 g/mol. The smallest absolute Gasteiger partial charge is 0.0951 e.